The standard InChI is InChI=1S/C88H82N16O8/c1-49-17-25-57(41-97(49)9)105-73-33-65-66(34-74(73)106-58-26-18-50(2)98(10)42-58)82-89-81(65)93-83-67-35-75(107-59-27-19-51(3)99(11)43-59)76(108-60-28-20-52(4)100(12)44-60)36-68(67)85(90-83)95-87-71-39-79(111-63-31-23-55(7)103(15)47-63)80(112-64-32-24-56(8)104(16)48-64)40-72(71)88(92-87)96-86-70-38-78(110-62-30-22-54(6)102(14)46-62)77(37-69(70)84(91-86)94-82)109-61-29-21-53(5)101(13)45-61/h17-48H,1-16H3,(H2,89,90,91,92,93,94,95,96)/q+8. The summed E-state index contributed by atoms with van der Waals surface area (Å²) in [7, 11) is 15.8. The van der Waals surface area contributed by atoms with Crippen LogP contribution in [0.2, 0.25) is 0 Å². The number of hydrogen-bond donors (Lipinski definition) is 2. The Morgan fingerprint density at radius 2 is 0.357 bits per heavy atom. The van der Waals surface area contributed by atoms with Crippen molar-refractivity contribution in [2.45, 2.75) is 55.4 Å². The van der Waals surface area contributed by atoms with Crippen LogP contribution in [0.15, 0.2) is 195 Å². The van der Waals surface area contributed by atoms with Crippen molar-refractivity contribution < 1.29 is 74.4 Å². The lowest BCUT2D eigenvalue weighted by Crippen LogP contribution is -2.31. The highest BCUT2D eigenvalue weighted by atomic mass is 16.5. The first-order valence-corrected chi connectivity index (χ1v) is 36.6. The summed E-state index contributed by atoms with van der Waals surface area (Å²) in [6.07, 6.45) is 15.4. The van der Waals surface area contributed by atoms with Crippen LogP contribution in [0.25, 0.3) is 89.7 Å². The van der Waals surface area contributed by atoms with Gasteiger partial charge in [-0.2, -0.15) is 0 Å². The second-order valence-corrected chi connectivity index (χ2v) is 28.7. The molecule has 24 heteroatoms. The zero-order valence-electron chi connectivity index (χ0n) is 65.0. The van der Waals surface area contributed by atoms with Crippen LogP contribution < -0.4 is 74.4 Å². The van der Waals surface area contributed by atoms with E-state index in [1.807, 2.05) is 343 Å². The van der Waals surface area contributed by atoms with Gasteiger partial charge in [0.1, 0.15) is 79.0 Å². The molecule has 0 saturated heterocycles. The summed E-state index contributed by atoms with van der Waals surface area (Å²) < 4.78 is 71.8. The first kappa shape index (κ1) is 70.8. The minimum atomic E-state index is 0.266. The average molecular weight is 1490 g/mol. The maximum absolute atomic E-state index is 6.97. The van der Waals surface area contributed by atoms with E-state index in [0.717, 1.165) is 45.6 Å². The number of benzene rings is 4. The van der Waals surface area contributed by atoms with Gasteiger partial charge in [-0.05, 0) is 97.1 Å². The van der Waals surface area contributed by atoms with Crippen molar-refractivity contribution in [3.63, 3.8) is 0 Å². The molecule has 0 saturated carbocycles. The second kappa shape index (κ2) is 28.1. The van der Waals surface area contributed by atoms with Crippen LogP contribution in [0.5, 0.6) is 92.0 Å². The number of fused-ring (bicyclic) bond motifs is 20. The van der Waals surface area contributed by atoms with Gasteiger partial charge in [-0.25, -0.2) is 66.4 Å². The van der Waals surface area contributed by atoms with Gasteiger partial charge in [0.25, 0.3) is 0 Å². The van der Waals surface area contributed by atoms with E-state index in [2.05, 4.69) is 9.97 Å². The van der Waals surface area contributed by atoms with Crippen molar-refractivity contribution in [2.24, 2.45) is 56.4 Å². The Labute approximate surface area is 645 Å². The molecular weight excluding hydrogens is 1410 g/mol. The van der Waals surface area contributed by atoms with E-state index in [4.69, 9.17) is 67.8 Å². The van der Waals surface area contributed by atoms with Crippen LogP contribution >= 0.6 is 0 Å². The first-order valence-electron chi connectivity index (χ1n) is 36.6. The molecule has 2 aliphatic rings. The molecular formula is C88H82N16O8+8. The van der Waals surface area contributed by atoms with Crippen molar-refractivity contribution in [1.82, 2.24) is 39.9 Å². The Bertz CT molecular complexity index is 5870. The minimum Gasteiger partial charge on any atom is -0.447 e. The molecule has 24 nitrogen and oxygen atoms in total. The number of pyridine rings is 8. The molecule has 11 aromatic heterocycles. The summed E-state index contributed by atoms with van der Waals surface area (Å²) in [5.74, 6) is 8.57. The van der Waals surface area contributed by atoms with Gasteiger partial charge in [-0.15, -0.1) is 0 Å². The minimum absolute atomic E-state index is 0.266. The van der Waals surface area contributed by atoms with E-state index in [1.54, 1.807) is 0 Å². The van der Waals surface area contributed by atoms with Gasteiger partial charge in [-0.1, -0.05) is 0 Å². The van der Waals surface area contributed by atoms with Gasteiger partial charge >= 0.3 is 0 Å². The number of hydrogen-bond acceptors (Lipinski definition) is 14. The third-order valence-corrected chi connectivity index (χ3v) is 20.8. The number of aromatic nitrogens is 16. The Kier molecular flexibility index (Phi) is 17.8. The first-order chi connectivity index (χ1) is 53.9. The molecule has 0 radical (unpaired) electrons. The smallest absolute Gasteiger partial charge is 0.211 e. The molecule has 17 rings (SSSR count). The molecule has 0 spiro atoms. The van der Waals surface area contributed by atoms with E-state index < -0.39 is 0 Å². The predicted octanol–water partition coefficient (Wildman–Crippen LogP) is 14.3. The van der Waals surface area contributed by atoms with Gasteiger partial charge in [0, 0.05) is 148 Å². The molecule has 15 aromatic rings. The average Bonchev–Trinajstić information content (AvgIpc) is 1.59. The van der Waals surface area contributed by atoms with E-state index >= 15 is 0 Å². The number of aryl methyl sites for hydroxylation is 16. The monoisotopic (exact) mass is 1490 g/mol. The molecule has 0 unspecified atom stereocenters. The number of rotatable bonds is 16. The van der Waals surface area contributed by atoms with E-state index in [0.29, 0.717) is 158 Å². The highest BCUT2D eigenvalue weighted by Gasteiger charge is 2.31. The Balaban J connectivity index is 0.999. The van der Waals surface area contributed by atoms with Crippen LogP contribution in [0.3, 0.4) is 0 Å². The molecule has 0 atom stereocenters. The summed E-state index contributed by atoms with van der Waals surface area (Å²) in [6.45, 7) is 16.3. The number of H-pyrrole nitrogens is 2. The lowest BCUT2D eigenvalue weighted by atomic mass is 10.1. The van der Waals surface area contributed by atoms with Crippen LogP contribution in [0, 0.1) is 55.4 Å². The van der Waals surface area contributed by atoms with Crippen LogP contribution in [-0.4, -0.2) is 39.9 Å². The predicted molar refractivity (Wildman–Crippen MR) is 415 cm³/mol. The summed E-state index contributed by atoms with van der Waals surface area (Å²) in [4.78, 5) is 40.8. The number of aromatic amines is 2. The van der Waals surface area contributed by atoms with Crippen molar-refractivity contribution in [3.8, 4) is 138 Å². The van der Waals surface area contributed by atoms with Gasteiger partial charge in [0.05, 0.1) is 0 Å². The SMILES string of the molecule is Cc1ccc(Oc2cc3c(cc2Oc2ccc(C)[n+](C)c2)-c2nc-3nc3[nH]c(nc4nc(nc5[nH]c(n2)c2cc(Oc6ccc(C)[n+](C)c6)c(Oc6ccc(C)[n+](C)c6)cc52)-c2cc(Oc5ccc(C)[n+](C)c5)c(Oc5ccc(C)[n+](C)c5)cc2-4)c2cc(Oc4ccc(C)[n+](C)c4)c(Oc4ccc(C)[n+](C)c4)cc32)c[n+]1C. The van der Waals surface area contributed by atoms with Crippen molar-refractivity contribution in [3.05, 3.63) is 241 Å². The number of nitrogens with zero attached hydrogens (tertiary/aromatic N) is 14. The largest absolute Gasteiger partial charge is 0.447 e. The van der Waals surface area contributed by atoms with Crippen LogP contribution in [0.4, 0.5) is 0 Å². The maximum Gasteiger partial charge on any atom is 0.211 e. The molecule has 554 valence electrons. The molecule has 2 aliphatic heterocycles. The van der Waals surface area contributed by atoms with E-state index in [-0.39, 0.29) is 23.3 Å². The maximum atomic E-state index is 6.97. The normalized spacial score (nSPS) is 11.6. The summed E-state index contributed by atoms with van der Waals surface area (Å²) >= 11 is 0. The third kappa shape index (κ3) is 13.8. The van der Waals surface area contributed by atoms with Crippen molar-refractivity contribution in [1.29, 1.82) is 0 Å². The van der Waals surface area contributed by atoms with Crippen molar-refractivity contribution >= 4 is 44.1 Å². The molecule has 4 aromatic carbocycles. The Morgan fingerprint density at radius 1 is 0.205 bits per heavy atom. The zero-order chi connectivity index (χ0) is 77.7. The van der Waals surface area contributed by atoms with Crippen LogP contribution in [-0.2, 0) is 56.4 Å². The highest BCUT2D eigenvalue weighted by molar-refractivity contribution is 6.08. The Hall–Kier alpha value is -14.2. The molecule has 0 amide bonds. The van der Waals surface area contributed by atoms with Gasteiger partial charge < -0.3 is 47.9 Å². The second-order valence-electron chi connectivity index (χ2n) is 28.7. The summed E-state index contributed by atoms with van der Waals surface area (Å²) in [6, 6.07) is 46.7. The molecule has 0 fully saturated rings. The number of ether oxygens (including phenoxy) is 8. The topological polar surface area (TPSA) is 214 Å². The van der Waals surface area contributed by atoms with E-state index in [1.165, 1.54) is 0 Å². The third-order valence-electron chi connectivity index (χ3n) is 20.8. The summed E-state index contributed by atoms with van der Waals surface area (Å²) in [5.41, 5.74) is 11.9. The molecule has 8 bridgehead atoms. The fraction of sp³-hybridized carbons (Fsp3) is 0.182. The van der Waals surface area contributed by atoms with Gasteiger partial charge in [-0.3, -0.25) is 0 Å². The fourth-order valence-electron chi connectivity index (χ4n) is 13.2. The summed E-state index contributed by atoms with van der Waals surface area (Å²) in [5, 5.41) is 2.36. The molecule has 13 heterocycles. The lowest BCUT2D eigenvalue weighted by molar-refractivity contribution is -0.678. The van der Waals surface area contributed by atoms with E-state index in [9.17, 15) is 0 Å². The number of nitrogens with one attached hydrogen (secondary N) is 2. The molecule has 2 N–H and O–H groups in total. The Morgan fingerprint density at radius 3 is 0.509 bits per heavy atom. The molecule has 0 aliphatic carbocycles. The van der Waals surface area contributed by atoms with Crippen molar-refractivity contribution in [2.75, 3.05) is 0 Å². The van der Waals surface area contributed by atoms with Gasteiger partial charge in [0.15, 0.2) is 161 Å². The van der Waals surface area contributed by atoms with Crippen LogP contribution in [0.1, 0.15) is 45.6 Å². The molecule has 112 heavy (non-hydrogen) atoms. The fourth-order valence-corrected chi connectivity index (χ4v) is 13.2. The lowest BCUT2D eigenvalue weighted by Gasteiger charge is -2.14. The quantitative estimate of drug-likeness (QED) is 0.0862. The van der Waals surface area contributed by atoms with Gasteiger partial charge in [0.2, 0.25) is 49.6 Å². The highest BCUT2D eigenvalue weighted by Crippen LogP contribution is 2.49. The zero-order valence-corrected chi connectivity index (χ0v) is 65.0.